The third kappa shape index (κ3) is 3.64. The Balaban J connectivity index is 1.78. The average molecular weight is 330 g/mol. The van der Waals surface area contributed by atoms with Crippen molar-refractivity contribution in [3.8, 4) is 6.07 Å². The van der Waals surface area contributed by atoms with E-state index in [-0.39, 0.29) is 5.91 Å². The second kappa shape index (κ2) is 7.81. The molecule has 3 rings (SSSR count). The summed E-state index contributed by atoms with van der Waals surface area (Å²) < 4.78 is 0. The molecule has 126 valence electrons. The van der Waals surface area contributed by atoms with Crippen LogP contribution in [0.3, 0.4) is 0 Å². The molecule has 0 bridgehead atoms. The van der Waals surface area contributed by atoms with Crippen molar-refractivity contribution in [3.63, 3.8) is 0 Å². The highest BCUT2D eigenvalue weighted by atomic mass is 16.2. The van der Waals surface area contributed by atoms with Gasteiger partial charge in [-0.25, -0.2) is 0 Å². The Kier molecular flexibility index (Phi) is 5.30. The molecule has 0 N–H and O–H groups in total. The van der Waals surface area contributed by atoms with Crippen LogP contribution in [0.4, 0.5) is 0 Å². The van der Waals surface area contributed by atoms with E-state index in [0.717, 1.165) is 17.5 Å². The number of hydrogen-bond donors (Lipinski definition) is 0. The van der Waals surface area contributed by atoms with Crippen molar-refractivity contribution < 1.29 is 4.79 Å². The van der Waals surface area contributed by atoms with Gasteiger partial charge < -0.3 is 0 Å². The molecular weight excluding hydrogens is 308 g/mol. The van der Waals surface area contributed by atoms with Gasteiger partial charge in [-0.05, 0) is 47.7 Å². The van der Waals surface area contributed by atoms with Gasteiger partial charge in [-0.2, -0.15) is 5.26 Å². The first kappa shape index (κ1) is 17.0. The molecule has 0 fully saturated rings. The summed E-state index contributed by atoms with van der Waals surface area (Å²) in [6.07, 6.45) is 8.25. The lowest BCUT2D eigenvalue weighted by Gasteiger charge is -2.28. The number of aryl methyl sites for hydroxylation is 1. The van der Waals surface area contributed by atoms with Crippen LogP contribution in [0.1, 0.15) is 59.3 Å². The smallest absolute Gasteiger partial charge is 0.259 e. The first-order valence-electron chi connectivity index (χ1n) is 8.83. The molecule has 0 radical (unpaired) electrons. The molecule has 0 spiro atoms. The maximum atomic E-state index is 12.9. The molecule has 3 heteroatoms. The molecule has 25 heavy (non-hydrogen) atoms. The summed E-state index contributed by atoms with van der Waals surface area (Å²) in [7, 11) is 0. The second-order valence-corrected chi connectivity index (χ2v) is 6.34. The first-order valence-corrected chi connectivity index (χ1v) is 8.83. The summed E-state index contributed by atoms with van der Waals surface area (Å²) in [6.45, 7) is 2.19. The predicted octanol–water partition coefficient (Wildman–Crippen LogP) is 5.11. The lowest BCUT2D eigenvalue weighted by Crippen LogP contribution is -2.31. The van der Waals surface area contributed by atoms with Crippen molar-refractivity contribution in [3.05, 3.63) is 77.0 Å². The van der Waals surface area contributed by atoms with E-state index in [9.17, 15) is 10.1 Å². The van der Waals surface area contributed by atoms with E-state index in [2.05, 4.69) is 13.0 Å². The van der Waals surface area contributed by atoms with E-state index >= 15 is 0 Å². The quantitative estimate of drug-likeness (QED) is 0.715. The van der Waals surface area contributed by atoms with Crippen LogP contribution < -0.4 is 0 Å². The normalized spacial score (nSPS) is 15.5. The molecule has 0 aliphatic carbocycles. The number of rotatable bonds is 5. The summed E-state index contributed by atoms with van der Waals surface area (Å²) in [6, 6.07) is 17.2. The topological polar surface area (TPSA) is 44.1 Å². The van der Waals surface area contributed by atoms with Gasteiger partial charge in [0.05, 0.1) is 6.07 Å². The Bertz CT molecular complexity index is 815. The molecule has 1 unspecified atom stereocenters. The molecular formula is C22H22N2O. The first-order chi connectivity index (χ1) is 12.2. The number of fused-ring (bicyclic) bond motifs is 1. The zero-order valence-electron chi connectivity index (χ0n) is 14.5. The van der Waals surface area contributed by atoms with Crippen molar-refractivity contribution >= 4 is 12.0 Å². The Hall–Kier alpha value is -2.86. The summed E-state index contributed by atoms with van der Waals surface area (Å²) in [5, 5.41) is 9.59. The van der Waals surface area contributed by atoms with Crippen molar-refractivity contribution in [1.82, 2.24) is 4.90 Å². The number of unbranched alkanes of at least 4 members (excludes halogenated alkanes) is 2. The van der Waals surface area contributed by atoms with E-state index in [1.165, 1.54) is 29.7 Å². The highest BCUT2D eigenvalue weighted by Gasteiger charge is 2.28. The van der Waals surface area contributed by atoms with Gasteiger partial charge >= 0.3 is 0 Å². The number of nitrogens with zero attached hydrogens (tertiary/aromatic N) is 2. The summed E-state index contributed by atoms with van der Waals surface area (Å²) in [4.78, 5) is 14.4. The van der Waals surface area contributed by atoms with Crippen molar-refractivity contribution in [1.29, 1.82) is 5.26 Å². The number of hydrogen-bond acceptors (Lipinski definition) is 2. The molecule has 0 saturated heterocycles. The molecule has 3 nitrogen and oxygen atoms in total. The van der Waals surface area contributed by atoms with Crippen LogP contribution in [-0.4, -0.2) is 10.8 Å². The van der Waals surface area contributed by atoms with Crippen molar-refractivity contribution in [2.45, 2.75) is 38.6 Å². The van der Waals surface area contributed by atoms with Gasteiger partial charge in [-0.1, -0.05) is 56.2 Å². The van der Waals surface area contributed by atoms with Crippen molar-refractivity contribution in [2.24, 2.45) is 0 Å². The third-order valence-electron chi connectivity index (χ3n) is 4.61. The molecule has 1 aliphatic heterocycles. The number of amides is 1. The Morgan fingerprint density at radius 1 is 1.12 bits per heavy atom. The Labute approximate surface area is 149 Å². The van der Waals surface area contributed by atoms with Gasteiger partial charge in [0.15, 0.2) is 0 Å². The van der Waals surface area contributed by atoms with Crippen LogP contribution in [0.5, 0.6) is 0 Å². The number of nitriles is 1. The van der Waals surface area contributed by atoms with Gasteiger partial charge in [0.2, 0.25) is 0 Å². The largest absolute Gasteiger partial charge is 0.294 e. The van der Waals surface area contributed by atoms with Gasteiger partial charge in [0, 0.05) is 11.8 Å². The van der Waals surface area contributed by atoms with Crippen molar-refractivity contribution in [2.75, 3.05) is 0 Å². The van der Waals surface area contributed by atoms with Crippen LogP contribution in [0.25, 0.3) is 6.08 Å². The van der Waals surface area contributed by atoms with E-state index < -0.39 is 6.04 Å². The molecule has 0 saturated carbocycles. The lowest BCUT2D eigenvalue weighted by atomic mass is 9.96. The number of carbonyl (C=O) groups is 1. The molecule has 2 aromatic rings. The van der Waals surface area contributed by atoms with E-state index in [0.29, 0.717) is 5.56 Å². The molecule has 1 aliphatic rings. The molecule has 1 amide bonds. The zero-order valence-corrected chi connectivity index (χ0v) is 14.5. The van der Waals surface area contributed by atoms with Crippen LogP contribution >= 0.6 is 0 Å². The summed E-state index contributed by atoms with van der Waals surface area (Å²) in [5.74, 6) is -0.141. The van der Waals surface area contributed by atoms with Gasteiger partial charge in [0.1, 0.15) is 6.04 Å². The molecule has 1 heterocycles. The monoisotopic (exact) mass is 330 g/mol. The Morgan fingerprint density at radius 3 is 2.60 bits per heavy atom. The minimum absolute atomic E-state index is 0.141. The summed E-state index contributed by atoms with van der Waals surface area (Å²) >= 11 is 0. The highest BCUT2D eigenvalue weighted by molar-refractivity contribution is 5.96. The standard InChI is InChI=1S/C22H22N2O/c1-2-3-4-7-17-10-12-19(13-11-17)22(25)24-15-14-18-8-5-6-9-20(18)21(24)16-23/h5-6,8-15,21H,2-4,7H2,1H3. The average Bonchev–Trinajstić information content (AvgIpc) is 2.67. The molecule has 1 atom stereocenters. The predicted molar refractivity (Wildman–Crippen MR) is 99.7 cm³/mol. The van der Waals surface area contributed by atoms with Crippen LogP contribution in [0.2, 0.25) is 0 Å². The number of benzene rings is 2. The van der Waals surface area contributed by atoms with E-state index in [1.54, 1.807) is 6.20 Å². The van der Waals surface area contributed by atoms with Crippen LogP contribution in [-0.2, 0) is 6.42 Å². The maximum absolute atomic E-state index is 12.9. The van der Waals surface area contributed by atoms with E-state index in [1.807, 2.05) is 54.6 Å². The third-order valence-corrected chi connectivity index (χ3v) is 4.61. The van der Waals surface area contributed by atoms with Gasteiger partial charge in [0.25, 0.3) is 5.91 Å². The molecule has 2 aromatic carbocycles. The summed E-state index contributed by atoms with van der Waals surface area (Å²) in [5.41, 5.74) is 3.73. The fraction of sp³-hybridized carbons (Fsp3) is 0.273. The minimum atomic E-state index is -0.585. The Morgan fingerprint density at radius 2 is 1.88 bits per heavy atom. The van der Waals surface area contributed by atoms with E-state index in [4.69, 9.17) is 0 Å². The zero-order chi connectivity index (χ0) is 17.6. The second-order valence-electron chi connectivity index (χ2n) is 6.34. The van der Waals surface area contributed by atoms with Crippen LogP contribution in [0, 0.1) is 11.3 Å². The fourth-order valence-corrected chi connectivity index (χ4v) is 3.17. The lowest BCUT2D eigenvalue weighted by molar-refractivity contribution is 0.0794. The van der Waals surface area contributed by atoms with Crippen LogP contribution in [0.15, 0.2) is 54.7 Å². The highest BCUT2D eigenvalue weighted by Crippen LogP contribution is 2.30. The number of carbonyl (C=O) groups excluding carboxylic acids is 1. The van der Waals surface area contributed by atoms with Gasteiger partial charge in [-0.3, -0.25) is 9.69 Å². The maximum Gasteiger partial charge on any atom is 0.259 e. The minimum Gasteiger partial charge on any atom is -0.294 e. The SMILES string of the molecule is CCCCCc1ccc(C(=O)N2C=Cc3ccccc3C2C#N)cc1. The fourth-order valence-electron chi connectivity index (χ4n) is 3.17. The molecule has 0 aromatic heterocycles. The van der Waals surface area contributed by atoms with Gasteiger partial charge in [-0.15, -0.1) is 0 Å².